The van der Waals surface area contributed by atoms with Gasteiger partial charge in [0.25, 0.3) is 0 Å². The molecule has 1 amide bonds. The highest BCUT2D eigenvalue weighted by atomic mass is 79.9. The van der Waals surface area contributed by atoms with Gasteiger partial charge in [-0.15, -0.1) is 11.3 Å². The van der Waals surface area contributed by atoms with E-state index in [0.29, 0.717) is 0 Å². The molecule has 2 heterocycles. The number of thiophene rings is 1. The molecular formula is C16H14BrNOS. The molecule has 0 radical (unpaired) electrons. The maximum Gasteiger partial charge on any atom is 0.246 e. The predicted molar refractivity (Wildman–Crippen MR) is 86.6 cm³/mol. The van der Waals surface area contributed by atoms with Gasteiger partial charge in [-0.05, 0) is 47.2 Å². The molecule has 0 spiro atoms. The van der Waals surface area contributed by atoms with Crippen molar-refractivity contribution in [1.82, 2.24) is 4.90 Å². The SMILES string of the molecule is O=C(C=Cc1ccc(Br)cc1)N1CCc2sccc2C1. The zero-order chi connectivity index (χ0) is 13.9. The number of benzene rings is 1. The second-order valence-corrected chi connectivity index (χ2v) is 6.68. The summed E-state index contributed by atoms with van der Waals surface area (Å²) in [6.07, 6.45) is 4.52. The Bertz CT molecular complexity index is 645. The Morgan fingerprint density at radius 1 is 1.25 bits per heavy atom. The first-order valence-electron chi connectivity index (χ1n) is 6.50. The molecule has 0 saturated heterocycles. The highest BCUT2D eigenvalue weighted by Crippen LogP contribution is 2.24. The van der Waals surface area contributed by atoms with Crippen LogP contribution >= 0.6 is 27.3 Å². The van der Waals surface area contributed by atoms with Crippen molar-refractivity contribution < 1.29 is 4.79 Å². The molecule has 102 valence electrons. The fourth-order valence-electron chi connectivity index (χ4n) is 2.28. The van der Waals surface area contributed by atoms with Gasteiger partial charge in [0.15, 0.2) is 0 Å². The smallest absolute Gasteiger partial charge is 0.246 e. The van der Waals surface area contributed by atoms with E-state index in [9.17, 15) is 4.79 Å². The van der Waals surface area contributed by atoms with Gasteiger partial charge in [0.2, 0.25) is 5.91 Å². The number of carbonyl (C=O) groups is 1. The summed E-state index contributed by atoms with van der Waals surface area (Å²) < 4.78 is 1.04. The Kier molecular flexibility index (Phi) is 4.03. The second kappa shape index (κ2) is 5.94. The molecule has 3 rings (SSSR count). The van der Waals surface area contributed by atoms with Crippen molar-refractivity contribution in [3.05, 3.63) is 62.3 Å². The summed E-state index contributed by atoms with van der Waals surface area (Å²) in [5, 5.41) is 2.11. The maximum absolute atomic E-state index is 12.2. The molecule has 1 aromatic heterocycles. The molecule has 20 heavy (non-hydrogen) atoms. The van der Waals surface area contributed by atoms with Crippen LogP contribution in [0, 0.1) is 0 Å². The highest BCUT2D eigenvalue weighted by Gasteiger charge is 2.19. The minimum absolute atomic E-state index is 0.0877. The van der Waals surface area contributed by atoms with Crippen molar-refractivity contribution >= 4 is 39.2 Å². The van der Waals surface area contributed by atoms with Crippen LogP contribution in [0.5, 0.6) is 0 Å². The van der Waals surface area contributed by atoms with Crippen molar-refractivity contribution in [2.24, 2.45) is 0 Å². The van der Waals surface area contributed by atoms with Crippen LogP contribution in [0.2, 0.25) is 0 Å². The Balaban J connectivity index is 1.67. The van der Waals surface area contributed by atoms with Gasteiger partial charge in [0.05, 0.1) is 0 Å². The monoisotopic (exact) mass is 347 g/mol. The minimum Gasteiger partial charge on any atom is -0.334 e. The van der Waals surface area contributed by atoms with Crippen molar-refractivity contribution in [3.8, 4) is 0 Å². The molecule has 1 aliphatic heterocycles. The molecule has 1 aliphatic rings. The predicted octanol–water partition coefficient (Wildman–Crippen LogP) is 4.11. The molecule has 0 aliphatic carbocycles. The number of hydrogen-bond acceptors (Lipinski definition) is 2. The number of fused-ring (bicyclic) bond motifs is 1. The average Bonchev–Trinajstić information content (AvgIpc) is 2.93. The number of hydrogen-bond donors (Lipinski definition) is 0. The molecule has 2 aromatic rings. The van der Waals surface area contributed by atoms with Gasteiger partial charge in [-0.1, -0.05) is 28.1 Å². The van der Waals surface area contributed by atoms with E-state index in [1.165, 1.54) is 10.4 Å². The van der Waals surface area contributed by atoms with Crippen LogP contribution < -0.4 is 0 Å². The van der Waals surface area contributed by atoms with Gasteiger partial charge >= 0.3 is 0 Å². The van der Waals surface area contributed by atoms with E-state index in [1.54, 1.807) is 17.4 Å². The van der Waals surface area contributed by atoms with Crippen molar-refractivity contribution in [1.29, 1.82) is 0 Å². The summed E-state index contributed by atoms with van der Waals surface area (Å²) in [6.45, 7) is 1.55. The first-order chi connectivity index (χ1) is 9.72. The summed E-state index contributed by atoms with van der Waals surface area (Å²) in [4.78, 5) is 15.5. The van der Waals surface area contributed by atoms with E-state index in [0.717, 1.165) is 29.5 Å². The normalized spacial score (nSPS) is 14.6. The first-order valence-corrected chi connectivity index (χ1v) is 8.17. The van der Waals surface area contributed by atoms with Crippen molar-refractivity contribution in [3.63, 3.8) is 0 Å². The zero-order valence-electron chi connectivity index (χ0n) is 10.9. The number of halogens is 1. The Hall–Kier alpha value is -1.39. The van der Waals surface area contributed by atoms with Crippen LogP contribution in [0.15, 0.2) is 46.3 Å². The lowest BCUT2D eigenvalue weighted by Crippen LogP contribution is -2.34. The molecule has 0 atom stereocenters. The lowest BCUT2D eigenvalue weighted by Gasteiger charge is -2.25. The summed E-state index contributed by atoms with van der Waals surface area (Å²) in [7, 11) is 0. The molecule has 2 nitrogen and oxygen atoms in total. The van der Waals surface area contributed by atoms with Gasteiger partial charge in [0, 0.05) is 28.5 Å². The molecule has 0 bridgehead atoms. The fraction of sp³-hybridized carbons (Fsp3) is 0.188. The lowest BCUT2D eigenvalue weighted by molar-refractivity contribution is -0.126. The fourth-order valence-corrected chi connectivity index (χ4v) is 3.44. The quantitative estimate of drug-likeness (QED) is 0.748. The van der Waals surface area contributed by atoms with Crippen LogP contribution in [0.25, 0.3) is 6.08 Å². The van der Waals surface area contributed by atoms with E-state index in [4.69, 9.17) is 0 Å². The topological polar surface area (TPSA) is 20.3 Å². The number of carbonyl (C=O) groups excluding carboxylic acids is 1. The lowest BCUT2D eigenvalue weighted by atomic mass is 10.1. The van der Waals surface area contributed by atoms with Crippen LogP contribution in [0.1, 0.15) is 16.0 Å². The van der Waals surface area contributed by atoms with E-state index < -0.39 is 0 Å². The second-order valence-electron chi connectivity index (χ2n) is 4.76. The van der Waals surface area contributed by atoms with E-state index in [-0.39, 0.29) is 5.91 Å². The Morgan fingerprint density at radius 3 is 2.85 bits per heavy atom. The van der Waals surface area contributed by atoms with E-state index in [1.807, 2.05) is 35.2 Å². The third kappa shape index (κ3) is 3.02. The first kappa shape index (κ1) is 13.6. The number of nitrogens with zero attached hydrogens (tertiary/aromatic N) is 1. The van der Waals surface area contributed by atoms with Crippen LogP contribution in [0.3, 0.4) is 0 Å². The molecule has 1 aromatic carbocycles. The van der Waals surface area contributed by atoms with Crippen LogP contribution in [-0.2, 0) is 17.8 Å². The molecule has 4 heteroatoms. The average molecular weight is 348 g/mol. The highest BCUT2D eigenvalue weighted by molar-refractivity contribution is 9.10. The molecule has 0 saturated carbocycles. The zero-order valence-corrected chi connectivity index (χ0v) is 13.3. The number of amides is 1. The van der Waals surface area contributed by atoms with Gasteiger partial charge in [-0.3, -0.25) is 4.79 Å². The largest absolute Gasteiger partial charge is 0.334 e. The Labute approximate surface area is 130 Å². The van der Waals surface area contributed by atoms with Crippen LogP contribution in [0.4, 0.5) is 0 Å². The van der Waals surface area contributed by atoms with Gasteiger partial charge < -0.3 is 4.90 Å². The van der Waals surface area contributed by atoms with Gasteiger partial charge in [-0.25, -0.2) is 0 Å². The molecular weight excluding hydrogens is 334 g/mol. The standard InChI is InChI=1S/C16H14BrNOS/c17-14-4-1-12(2-5-14)3-6-16(19)18-9-7-15-13(11-18)8-10-20-15/h1-6,8,10H,7,9,11H2. The van der Waals surface area contributed by atoms with Gasteiger partial charge in [-0.2, -0.15) is 0 Å². The van der Waals surface area contributed by atoms with Crippen molar-refractivity contribution in [2.75, 3.05) is 6.54 Å². The van der Waals surface area contributed by atoms with Crippen LogP contribution in [-0.4, -0.2) is 17.4 Å². The third-order valence-corrected chi connectivity index (χ3v) is 4.96. The number of rotatable bonds is 2. The van der Waals surface area contributed by atoms with Crippen molar-refractivity contribution in [2.45, 2.75) is 13.0 Å². The third-order valence-electron chi connectivity index (χ3n) is 3.41. The van der Waals surface area contributed by atoms with Gasteiger partial charge in [0.1, 0.15) is 0 Å². The summed E-state index contributed by atoms with van der Waals surface area (Å²) >= 11 is 5.19. The maximum atomic E-state index is 12.2. The Morgan fingerprint density at radius 2 is 2.05 bits per heavy atom. The molecule has 0 N–H and O–H groups in total. The summed E-state index contributed by atoms with van der Waals surface area (Å²) in [5.74, 6) is 0.0877. The molecule has 0 unspecified atom stereocenters. The summed E-state index contributed by atoms with van der Waals surface area (Å²) in [6, 6.07) is 10.0. The molecule has 0 fully saturated rings. The minimum atomic E-state index is 0.0877. The van der Waals surface area contributed by atoms with E-state index >= 15 is 0 Å². The summed E-state index contributed by atoms with van der Waals surface area (Å²) in [5.41, 5.74) is 2.33. The van der Waals surface area contributed by atoms with E-state index in [2.05, 4.69) is 27.4 Å².